The summed E-state index contributed by atoms with van der Waals surface area (Å²) >= 11 is 1.46. The molecule has 1 aromatic carbocycles. The highest BCUT2D eigenvalue weighted by Crippen LogP contribution is 2.42. The first-order chi connectivity index (χ1) is 15.9. The first-order valence-electron chi connectivity index (χ1n) is 10.5. The molecule has 0 aliphatic carbocycles. The van der Waals surface area contributed by atoms with Gasteiger partial charge in [0.2, 0.25) is 5.91 Å². The van der Waals surface area contributed by atoms with Crippen LogP contribution in [0.3, 0.4) is 0 Å². The molecule has 2 aromatic heterocycles. The molecule has 0 unspecified atom stereocenters. The standard InChI is InChI=1S/C24H23N3O5S/c1-15-6-8-16(9-7-15)27-21(29)11-10-17(22(27)19-5-3-13-33-19)24(31)32-14-20(28)26-23(30)18-4-2-12-25-18/h2-9,12-13,17,22,25H,10-11,14H2,1H3,(H,26,28,30)/t17-,22-/m0/s1. The highest BCUT2D eigenvalue weighted by molar-refractivity contribution is 7.10. The number of ether oxygens (including phenoxy) is 1. The lowest BCUT2D eigenvalue weighted by Crippen LogP contribution is -2.46. The summed E-state index contributed by atoms with van der Waals surface area (Å²) < 4.78 is 5.28. The average Bonchev–Trinajstić information content (AvgIpc) is 3.52. The molecule has 0 spiro atoms. The maximum absolute atomic E-state index is 13.0. The number of nitrogens with zero attached hydrogens (tertiary/aromatic N) is 1. The molecule has 3 amide bonds. The average molecular weight is 466 g/mol. The summed E-state index contributed by atoms with van der Waals surface area (Å²) in [6.45, 7) is 1.38. The van der Waals surface area contributed by atoms with Crippen molar-refractivity contribution < 1.29 is 23.9 Å². The maximum atomic E-state index is 13.0. The number of benzene rings is 1. The van der Waals surface area contributed by atoms with E-state index in [1.807, 2.05) is 48.7 Å². The lowest BCUT2D eigenvalue weighted by Gasteiger charge is -2.39. The molecule has 0 radical (unpaired) electrons. The number of aryl methyl sites for hydroxylation is 1. The van der Waals surface area contributed by atoms with Gasteiger partial charge in [0.05, 0.1) is 12.0 Å². The third kappa shape index (κ3) is 5.04. The van der Waals surface area contributed by atoms with Crippen LogP contribution in [0.4, 0.5) is 5.69 Å². The third-order valence-corrected chi connectivity index (χ3v) is 6.43. The zero-order valence-corrected chi connectivity index (χ0v) is 18.8. The summed E-state index contributed by atoms with van der Waals surface area (Å²) in [4.78, 5) is 55.3. The summed E-state index contributed by atoms with van der Waals surface area (Å²) in [6, 6.07) is 13.9. The number of carbonyl (C=O) groups excluding carboxylic acids is 4. The molecule has 2 N–H and O–H groups in total. The number of amides is 3. The van der Waals surface area contributed by atoms with Crippen LogP contribution in [-0.2, 0) is 19.1 Å². The molecular formula is C24H23N3O5S. The molecule has 33 heavy (non-hydrogen) atoms. The number of esters is 1. The van der Waals surface area contributed by atoms with Gasteiger partial charge in [-0.1, -0.05) is 23.8 Å². The molecule has 1 fully saturated rings. The van der Waals surface area contributed by atoms with Gasteiger partial charge in [-0.25, -0.2) is 0 Å². The van der Waals surface area contributed by atoms with Crippen molar-refractivity contribution in [3.8, 4) is 0 Å². The van der Waals surface area contributed by atoms with E-state index in [1.54, 1.807) is 17.2 Å². The van der Waals surface area contributed by atoms with Crippen LogP contribution in [0.5, 0.6) is 0 Å². The molecule has 3 heterocycles. The van der Waals surface area contributed by atoms with Crippen molar-refractivity contribution in [2.45, 2.75) is 25.8 Å². The Kier molecular flexibility index (Phi) is 6.69. The fourth-order valence-corrected chi connectivity index (χ4v) is 4.76. The minimum Gasteiger partial charge on any atom is -0.455 e. The monoisotopic (exact) mass is 465 g/mol. The molecule has 9 heteroatoms. The topological polar surface area (TPSA) is 109 Å². The Morgan fingerprint density at radius 2 is 1.94 bits per heavy atom. The highest BCUT2D eigenvalue weighted by Gasteiger charge is 2.43. The van der Waals surface area contributed by atoms with Crippen LogP contribution in [0.25, 0.3) is 0 Å². The van der Waals surface area contributed by atoms with Crippen molar-refractivity contribution in [2.24, 2.45) is 5.92 Å². The van der Waals surface area contributed by atoms with Crippen molar-refractivity contribution in [3.63, 3.8) is 0 Å². The molecule has 8 nitrogen and oxygen atoms in total. The highest BCUT2D eigenvalue weighted by atomic mass is 32.1. The minimum atomic E-state index is -0.724. The van der Waals surface area contributed by atoms with E-state index >= 15 is 0 Å². The number of thiophene rings is 1. The van der Waals surface area contributed by atoms with E-state index in [0.717, 1.165) is 10.4 Å². The van der Waals surface area contributed by atoms with Crippen LogP contribution < -0.4 is 10.2 Å². The van der Waals surface area contributed by atoms with E-state index in [4.69, 9.17) is 4.74 Å². The second-order valence-corrected chi connectivity index (χ2v) is 8.75. The summed E-state index contributed by atoms with van der Waals surface area (Å²) in [6.07, 6.45) is 2.06. The van der Waals surface area contributed by atoms with Gasteiger partial charge in [-0.15, -0.1) is 11.3 Å². The normalized spacial score (nSPS) is 18.1. The molecule has 170 valence electrons. The van der Waals surface area contributed by atoms with Crippen molar-refractivity contribution in [2.75, 3.05) is 11.5 Å². The van der Waals surface area contributed by atoms with E-state index in [-0.39, 0.29) is 18.0 Å². The van der Waals surface area contributed by atoms with Gasteiger partial charge in [0, 0.05) is 23.2 Å². The van der Waals surface area contributed by atoms with Crippen LogP contribution in [0, 0.1) is 12.8 Å². The van der Waals surface area contributed by atoms with E-state index < -0.39 is 36.4 Å². The van der Waals surface area contributed by atoms with Gasteiger partial charge in [0.25, 0.3) is 11.8 Å². The van der Waals surface area contributed by atoms with Crippen molar-refractivity contribution in [1.82, 2.24) is 10.3 Å². The van der Waals surface area contributed by atoms with Gasteiger partial charge < -0.3 is 14.6 Å². The van der Waals surface area contributed by atoms with Crippen LogP contribution in [0.2, 0.25) is 0 Å². The van der Waals surface area contributed by atoms with Gasteiger partial charge in [0.1, 0.15) is 5.69 Å². The Bertz CT molecular complexity index is 1140. The fraction of sp³-hybridized carbons (Fsp3) is 0.250. The smallest absolute Gasteiger partial charge is 0.311 e. The number of carbonyl (C=O) groups is 4. The summed E-state index contributed by atoms with van der Waals surface area (Å²) in [5.74, 6) is -2.63. The Labute approximate surface area is 194 Å². The number of nitrogens with one attached hydrogen (secondary N) is 2. The number of hydrogen-bond donors (Lipinski definition) is 2. The van der Waals surface area contributed by atoms with Crippen LogP contribution in [-0.4, -0.2) is 35.3 Å². The molecule has 4 rings (SSSR count). The fourth-order valence-electron chi connectivity index (χ4n) is 3.88. The van der Waals surface area contributed by atoms with Gasteiger partial charge in [-0.3, -0.25) is 24.5 Å². The van der Waals surface area contributed by atoms with Crippen LogP contribution >= 0.6 is 11.3 Å². The van der Waals surface area contributed by atoms with Gasteiger partial charge in [-0.2, -0.15) is 0 Å². The van der Waals surface area contributed by atoms with Gasteiger partial charge >= 0.3 is 5.97 Å². The van der Waals surface area contributed by atoms with Gasteiger partial charge in [0.15, 0.2) is 6.61 Å². The first-order valence-corrected chi connectivity index (χ1v) is 11.4. The largest absolute Gasteiger partial charge is 0.455 e. The van der Waals surface area contributed by atoms with Crippen LogP contribution in [0.1, 0.15) is 39.8 Å². The molecule has 1 aliphatic heterocycles. The number of imide groups is 1. The van der Waals surface area contributed by atoms with E-state index in [0.29, 0.717) is 12.1 Å². The Morgan fingerprint density at radius 3 is 2.61 bits per heavy atom. The predicted molar refractivity (Wildman–Crippen MR) is 123 cm³/mol. The van der Waals surface area contributed by atoms with E-state index in [9.17, 15) is 19.2 Å². The second-order valence-electron chi connectivity index (χ2n) is 7.77. The minimum absolute atomic E-state index is 0.0735. The Morgan fingerprint density at radius 1 is 1.15 bits per heavy atom. The van der Waals surface area contributed by atoms with Gasteiger partial charge in [-0.05, 0) is 49.1 Å². The zero-order valence-electron chi connectivity index (χ0n) is 17.9. The summed E-state index contributed by atoms with van der Waals surface area (Å²) in [7, 11) is 0. The number of aromatic amines is 1. The molecule has 2 atom stereocenters. The molecule has 1 saturated heterocycles. The summed E-state index contributed by atoms with van der Waals surface area (Å²) in [5, 5.41) is 4.07. The van der Waals surface area contributed by atoms with Crippen molar-refractivity contribution in [1.29, 1.82) is 0 Å². The molecule has 3 aromatic rings. The van der Waals surface area contributed by atoms with Crippen molar-refractivity contribution in [3.05, 3.63) is 76.2 Å². The maximum Gasteiger partial charge on any atom is 0.311 e. The van der Waals surface area contributed by atoms with E-state index in [1.165, 1.54) is 17.4 Å². The van der Waals surface area contributed by atoms with Crippen LogP contribution in [0.15, 0.2) is 60.1 Å². The lowest BCUT2D eigenvalue weighted by atomic mass is 9.87. The SMILES string of the molecule is Cc1ccc(N2C(=O)CC[C@H](C(=O)OCC(=O)NC(=O)c3ccc[nH]3)[C@H]2c2cccs2)cc1. The number of aromatic nitrogens is 1. The van der Waals surface area contributed by atoms with Crippen molar-refractivity contribution >= 4 is 40.7 Å². The molecule has 0 saturated carbocycles. The lowest BCUT2D eigenvalue weighted by molar-refractivity contribution is -0.154. The Hall–Kier alpha value is -3.72. The second kappa shape index (κ2) is 9.83. The number of piperidine rings is 1. The molecule has 1 aliphatic rings. The zero-order chi connectivity index (χ0) is 23.4. The Balaban J connectivity index is 1.49. The summed E-state index contributed by atoms with van der Waals surface area (Å²) in [5.41, 5.74) is 1.99. The quantitative estimate of drug-likeness (QED) is 0.543. The first kappa shape index (κ1) is 22.5. The third-order valence-electron chi connectivity index (χ3n) is 5.49. The predicted octanol–water partition coefficient (Wildman–Crippen LogP) is 3.37. The number of anilines is 1. The number of hydrogen-bond acceptors (Lipinski definition) is 6. The van der Waals surface area contributed by atoms with E-state index in [2.05, 4.69) is 10.3 Å². The molecule has 0 bridgehead atoms. The number of H-pyrrole nitrogens is 1. The molecular weight excluding hydrogens is 442 g/mol. The number of rotatable bonds is 6.